The summed E-state index contributed by atoms with van der Waals surface area (Å²) in [5.74, 6) is 1.41. The molecule has 0 spiro atoms. The third kappa shape index (κ3) is 2.76. The molecular weight excluding hydrogens is 182 g/mol. The molecule has 0 fully saturated rings. The molecule has 0 amide bonds. The first-order valence-electron chi connectivity index (χ1n) is 4.35. The normalized spacial score (nSPS) is 12.3. The van der Waals surface area contributed by atoms with Crippen LogP contribution in [0.2, 0.25) is 0 Å². The average molecular weight is 195 g/mol. The number of ether oxygens (including phenoxy) is 1. The third-order valence-corrected chi connectivity index (χ3v) is 1.58. The molecule has 76 valence electrons. The number of carbonyl (C=O) groups is 1. The van der Waals surface area contributed by atoms with Gasteiger partial charge in [0.25, 0.3) is 0 Å². The number of nitrogens with zero attached hydrogens (tertiary/aromatic N) is 3. The Balaban J connectivity index is 2.89. The van der Waals surface area contributed by atoms with E-state index < -0.39 is 6.10 Å². The van der Waals surface area contributed by atoms with Crippen LogP contribution < -0.4 is 0 Å². The predicted molar refractivity (Wildman–Crippen MR) is 49.5 cm³/mol. The monoisotopic (exact) mass is 195 g/mol. The van der Waals surface area contributed by atoms with Crippen LogP contribution in [-0.4, -0.2) is 20.9 Å². The van der Waals surface area contributed by atoms with Crippen LogP contribution >= 0.6 is 0 Å². The van der Waals surface area contributed by atoms with Gasteiger partial charge in [-0.05, 0) is 20.8 Å². The molecule has 0 bridgehead atoms. The van der Waals surface area contributed by atoms with E-state index in [1.54, 1.807) is 20.8 Å². The van der Waals surface area contributed by atoms with Gasteiger partial charge in [-0.2, -0.15) is 0 Å². The number of aromatic nitrogens is 3. The molecule has 1 rings (SSSR count). The van der Waals surface area contributed by atoms with E-state index >= 15 is 0 Å². The van der Waals surface area contributed by atoms with Crippen molar-refractivity contribution < 1.29 is 9.53 Å². The van der Waals surface area contributed by atoms with Crippen molar-refractivity contribution in [2.75, 3.05) is 0 Å². The Bertz CT molecular complexity index is 332. The van der Waals surface area contributed by atoms with Crippen LogP contribution in [0.1, 0.15) is 37.4 Å². The fourth-order valence-electron chi connectivity index (χ4n) is 1.12. The van der Waals surface area contributed by atoms with Gasteiger partial charge in [0.1, 0.15) is 11.6 Å². The number of aryl methyl sites for hydroxylation is 2. The summed E-state index contributed by atoms with van der Waals surface area (Å²) >= 11 is 0. The lowest BCUT2D eigenvalue weighted by Gasteiger charge is -2.10. The molecule has 1 atom stereocenters. The minimum atomic E-state index is -0.423. The van der Waals surface area contributed by atoms with Crippen LogP contribution in [0.3, 0.4) is 0 Å². The average Bonchev–Trinajstić information content (AvgIpc) is 2.00. The summed E-state index contributed by atoms with van der Waals surface area (Å²) in [4.78, 5) is 22.9. The van der Waals surface area contributed by atoms with E-state index in [1.807, 2.05) is 0 Å². The second kappa shape index (κ2) is 4.13. The minimum Gasteiger partial charge on any atom is -0.455 e. The van der Waals surface area contributed by atoms with Crippen molar-refractivity contribution in [1.82, 2.24) is 15.0 Å². The second-order valence-electron chi connectivity index (χ2n) is 3.04. The van der Waals surface area contributed by atoms with E-state index in [9.17, 15) is 4.79 Å². The van der Waals surface area contributed by atoms with Crippen molar-refractivity contribution in [3.05, 3.63) is 17.5 Å². The van der Waals surface area contributed by atoms with Crippen molar-refractivity contribution in [3.8, 4) is 0 Å². The lowest BCUT2D eigenvalue weighted by Crippen LogP contribution is -2.11. The number of carbonyl (C=O) groups excluding carboxylic acids is 1. The van der Waals surface area contributed by atoms with E-state index in [-0.39, 0.29) is 5.97 Å². The van der Waals surface area contributed by atoms with Gasteiger partial charge in [0.2, 0.25) is 0 Å². The minimum absolute atomic E-state index is 0.340. The highest BCUT2D eigenvalue weighted by atomic mass is 16.5. The Morgan fingerprint density at radius 2 is 1.71 bits per heavy atom. The molecule has 1 aromatic heterocycles. The molecule has 0 aliphatic carbocycles. The molecule has 0 saturated carbocycles. The summed E-state index contributed by atoms with van der Waals surface area (Å²) in [5.41, 5.74) is 0. The van der Waals surface area contributed by atoms with Crippen molar-refractivity contribution in [3.63, 3.8) is 0 Å². The maximum Gasteiger partial charge on any atom is 0.303 e. The molecule has 0 N–H and O–H groups in total. The zero-order valence-electron chi connectivity index (χ0n) is 8.74. The van der Waals surface area contributed by atoms with Gasteiger partial charge in [0.05, 0.1) is 0 Å². The van der Waals surface area contributed by atoms with Gasteiger partial charge in [0, 0.05) is 6.92 Å². The molecular formula is C9H13N3O2. The molecule has 1 aromatic rings. The van der Waals surface area contributed by atoms with Gasteiger partial charge in [-0.15, -0.1) is 0 Å². The number of rotatable bonds is 2. The fraction of sp³-hybridized carbons (Fsp3) is 0.556. The van der Waals surface area contributed by atoms with Gasteiger partial charge in [-0.25, -0.2) is 15.0 Å². The number of esters is 1. The molecule has 0 aromatic carbocycles. The van der Waals surface area contributed by atoms with E-state index in [0.29, 0.717) is 17.5 Å². The topological polar surface area (TPSA) is 65.0 Å². The molecule has 5 heteroatoms. The summed E-state index contributed by atoms with van der Waals surface area (Å²) in [7, 11) is 0. The van der Waals surface area contributed by atoms with Crippen LogP contribution in [0.4, 0.5) is 0 Å². The highest BCUT2D eigenvalue weighted by Gasteiger charge is 2.12. The lowest BCUT2D eigenvalue weighted by molar-refractivity contribution is -0.146. The van der Waals surface area contributed by atoms with Gasteiger partial charge in [0.15, 0.2) is 11.9 Å². The van der Waals surface area contributed by atoms with Gasteiger partial charge >= 0.3 is 5.97 Å². The zero-order valence-corrected chi connectivity index (χ0v) is 8.74. The summed E-state index contributed by atoms with van der Waals surface area (Å²) in [5, 5.41) is 0. The maximum absolute atomic E-state index is 10.7. The molecule has 5 nitrogen and oxygen atoms in total. The van der Waals surface area contributed by atoms with Crippen LogP contribution in [0.25, 0.3) is 0 Å². The van der Waals surface area contributed by atoms with Crippen molar-refractivity contribution >= 4 is 5.97 Å². The Morgan fingerprint density at radius 1 is 1.21 bits per heavy atom. The third-order valence-electron chi connectivity index (χ3n) is 1.58. The zero-order chi connectivity index (χ0) is 10.7. The van der Waals surface area contributed by atoms with Crippen molar-refractivity contribution in [2.24, 2.45) is 0 Å². The maximum atomic E-state index is 10.7. The molecule has 1 unspecified atom stereocenters. The second-order valence-corrected chi connectivity index (χ2v) is 3.04. The number of hydrogen-bond acceptors (Lipinski definition) is 5. The first-order chi connectivity index (χ1) is 6.49. The number of hydrogen-bond donors (Lipinski definition) is 0. The van der Waals surface area contributed by atoms with E-state index in [2.05, 4.69) is 15.0 Å². The van der Waals surface area contributed by atoms with Gasteiger partial charge < -0.3 is 4.74 Å². The van der Waals surface area contributed by atoms with E-state index in [4.69, 9.17) is 4.74 Å². The van der Waals surface area contributed by atoms with Crippen molar-refractivity contribution in [1.29, 1.82) is 0 Å². The predicted octanol–water partition coefficient (Wildman–Crippen LogP) is 1.11. The van der Waals surface area contributed by atoms with E-state index in [0.717, 1.165) is 0 Å². The molecule has 14 heavy (non-hydrogen) atoms. The highest BCUT2D eigenvalue weighted by molar-refractivity contribution is 5.66. The molecule has 1 heterocycles. The van der Waals surface area contributed by atoms with Gasteiger partial charge in [-0.3, -0.25) is 4.79 Å². The van der Waals surface area contributed by atoms with Crippen LogP contribution in [0, 0.1) is 13.8 Å². The van der Waals surface area contributed by atoms with Gasteiger partial charge in [-0.1, -0.05) is 0 Å². The first kappa shape index (κ1) is 10.6. The highest BCUT2D eigenvalue weighted by Crippen LogP contribution is 2.11. The Hall–Kier alpha value is -1.52. The Labute approximate surface area is 82.6 Å². The van der Waals surface area contributed by atoms with Crippen LogP contribution in [0.15, 0.2) is 0 Å². The van der Waals surface area contributed by atoms with Crippen molar-refractivity contribution in [2.45, 2.75) is 33.8 Å². The Morgan fingerprint density at radius 3 is 2.14 bits per heavy atom. The standard InChI is InChI=1S/C9H13N3O2/c1-5(14-8(4)13)9-11-6(2)10-7(3)12-9/h5H,1-4H3. The molecule has 0 aliphatic heterocycles. The summed E-state index contributed by atoms with van der Waals surface area (Å²) in [6, 6.07) is 0. The largest absolute Gasteiger partial charge is 0.455 e. The smallest absolute Gasteiger partial charge is 0.303 e. The molecule has 0 aliphatic rings. The SMILES string of the molecule is CC(=O)OC(C)c1nc(C)nc(C)n1. The molecule has 0 radical (unpaired) electrons. The summed E-state index contributed by atoms with van der Waals surface area (Å²) in [6.07, 6.45) is -0.423. The fourth-order valence-corrected chi connectivity index (χ4v) is 1.12. The summed E-state index contributed by atoms with van der Waals surface area (Å²) < 4.78 is 4.95. The van der Waals surface area contributed by atoms with Crippen LogP contribution in [-0.2, 0) is 9.53 Å². The molecule has 0 saturated heterocycles. The Kier molecular flexibility index (Phi) is 3.11. The summed E-state index contributed by atoms with van der Waals surface area (Å²) in [6.45, 7) is 6.64. The van der Waals surface area contributed by atoms with E-state index in [1.165, 1.54) is 6.92 Å². The lowest BCUT2D eigenvalue weighted by atomic mass is 10.3. The van der Waals surface area contributed by atoms with Crippen LogP contribution in [0.5, 0.6) is 0 Å². The first-order valence-corrected chi connectivity index (χ1v) is 4.35. The quantitative estimate of drug-likeness (QED) is 0.661.